The van der Waals surface area contributed by atoms with Gasteiger partial charge in [0.25, 0.3) is 0 Å². The summed E-state index contributed by atoms with van der Waals surface area (Å²) in [6, 6.07) is 18.7. The molecule has 0 saturated carbocycles. The number of ketones is 1. The number of fused-ring (bicyclic) bond motifs is 1. The molecule has 0 radical (unpaired) electrons. The van der Waals surface area contributed by atoms with Crippen LogP contribution in [0.2, 0.25) is 0 Å². The first-order chi connectivity index (χ1) is 13.3. The monoisotopic (exact) mass is 398 g/mol. The third-order valence-electron chi connectivity index (χ3n) is 4.05. The average molecular weight is 398 g/mol. The molecule has 7 heteroatoms. The minimum Gasteiger partial charge on any atom is -0.482 e. The Hall–Kier alpha value is -3.19. The van der Waals surface area contributed by atoms with Crippen molar-refractivity contribution >= 4 is 32.4 Å². The number of Topliss-reactive ketones (excluding diaryl/α,β-unsaturated/α-hetero) is 1. The number of ether oxygens (including phenoxy) is 2. The van der Waals surface area contributed by atoms with E-state index < -0.39 is 28.2 Å². The standard InChI is InChI=1S/C21H18O6S/c1-28(24,25)19-10-7-16(8-11-19)20(22)13-27-21(23)14-26-18-9-6-15-4-2-3-5-17(15)12-18/h2-12H,13-14H2,1H3. The fourth-order valence-electron chi connectivity index (χ4n) is 2.56. The van der Waals surface area contributed by atoms with E-state index in [1.54, 1.807) is 6.07 Å². The van der Waals surface area contributed by atoms with Crippen LogP contribution in [0.4, 0.5) is 0 Å². The van der Waals surface area contributed by atoms with E-state index in [-0.39, 0.29) is 17.1 Å². The van der Waals surface area contributed by atoms with Crippen LogP contribution in [-0.2, 0) is 19.4 Å². The largest absolute Gasteiger partial charge is 0.482 e. The highest BCUT2D eigenvalue weighted by Crippen LogP contribution is 2.20. The molecule has 28 heavy (non-hydrogen) atoms. The van der Waals surface area contributed by atoms with Crippen LogP contribution in [0.1, 0.15) is 10.4 Å². The minimum absolute atomic E-state index is 0.116. The van der Waals surface area contributed by atoms with Crippen LogP contribution < -0.4 is 4.74 Å². The van der Waals surface area contributed by atoms with Crippen molar-refractivity contribution in [3.05, 3.63) is 72.3 Å². The number of hydrogen-bond donors (Lipinski definition) is 0. The van der Waals surface area contributed by atoms with E-state index in [4.69, 9.17) is 9.47 Å². The van der Waals surface area contributed by atoms with Crippen molar-refractivity contribution in [2.75, 3.05) is 19.5 Å². The predicted octanol–water partition coefficient (Wildman–Crippen LogP) is 3.05. The Bertz CT molecular complexity index is 1120. The maximum atomic E-state index is 12.1. The van der Waals surface area contributed by atoms with Crippen LogP contribution in [0.25, 0.3) is 10.8 Å². The lowest BCUT2D eigenvalue weighted by atomic mass is 10.1. The lowest BCUT2D eigenvalue weighted by molar-refractivity contribution is -0.144. The SMILES string of the molecule is CS(=O)(=O)c1ccc(C(=O)COC(=O)COc2ccc3ccccc3c2)cc1. The molecule has 3 aromatic rings. The summed E-state index contributed by atoms with van der Waals surface area (Å²) in [7, 11) is -3.33. The molecule has 0 spiro atoms. The molecule has 0 fully saturated rings. The Morgan fingerprint density at radius 3 is 2.21 bits per heavy atom. The van der Waals surface area contributed by atoms with E-state index >= 15 is 0 Å². The molecule has 144 valence electrons. The lowest BCUT2D eigenvalue weighted by Gasteiger charge is -2.08. The molecular formula is C21H18O6S. The van der Waals surface area contributed by atoms with Gasteiger partial charge < -0.3 is 9.47 Å². The van der Waals surface area contributed by atoms with Gasteiger partial charge in [0.1, 0.15) is 5.75 Å². The molecule has 0 bridgehead atoms. The molecule has 3 rings (SSSR count). The number of esters is 1. The van der Waals surface area contributed by atoms with Gasteiger partial charge in [-0.15, -0.1) is 0 Å². The molecule has 0 heterocycles. The summed E-state index contributed by atoms with van der Waals surface area (Å²) < 4.78 is 33.2. The molecule has 0 aliphatic rings. The quantitative estimate of drug-likeness (QED) is 0.449. The number of sulfone groups is 1. The summed E-state index contributed by atoms with van der Waals surface area (Å²) in [6.07, 6.45) is 1.08. The minimum atomic E-state index is -3.33. The third-order valence-corrected chi connectivity index (χ3v) is 5.17. The van der Waals surface area contributed by atoms with Crippen molar-refractivity contribution in [2.45, 2.75) is 4.90 Å². The van der Waals surface area contributed by atoms with Gasteiger partial charge in [0.15, 0.2) is 28.8 Å². The number of benzene rings is 3. The molecule has 0 unspecified atom stereocenters. The fraction of sp³-hybridized carbons (Fsp3) is 0.143. The van der Waals surface area contributed by atoms with Crippen molar-refractivity contribution in [1.29, 1.82) is 0 Å². The summed E-state index contributed by atoms with van der Waals surface area (Å²) in [5, 5.41) is 2.05. The lowest BCUT2D eigenvalue weighted by Crippen LogP contribution is -2.19. The van der Waals surface area contributed by atoms with Gasteiger partial charge in [0, 0.05) is 11.8 Å². The van der Waals surface area contributed by atoms with E-state index in [1.165, 1.54) is 24.3 Å². The van der Waals surface area contributed by atoms with Crippen LogP contribution >= 0.6 is 0 Å². The van der Waals surface area contributed by atoms with Crippen LogP contribution in [0, 0.1) is 0 Å². The second-order valence-electron chi connectivity index (χ2n) is 6.18. The molecular weight excluding hydrogens is 380 g/mol. The molecule has 0 N–H and O–H groups in total. The molecule has 0 aromatic heterocycles. The normalized spacial score (nSPS) is 11.2. The zero-order chi connectivity index (χ0) is 20.1. The molecule has 6 nitrogen and oxygen atoms in total. The molecule has 0 amide bonds. The smallest absolute Gasteiger partial charge is 0.344 e. The van der Waals surface area contributed by atoms with Crippen LogP contribution in [0.3, 0.4) is 0 Å². The average Bonchev–Trinajstić information content (AvgIpc) is 2.69. The van der Waals surface area contributed by atoms with Gasteiger partial charge in [0.2, 0.25) is 0 Å². The first-order valence-electron chi connectivity index (χ1n) is 8.43. The highest BCUT2D eigenvalue weighted by atomic mass is 32.2. The Kier molecular flexibility index (Phi) is 5.75. The Morgan fingerprint density at radius 2 is 1.54 bits per heavy atom. The summed E-state index contributed by atoms with van der Waals surface area (Å²) in [5.74, 6) is -0.577. The van der Waals surface area contributed by atoms with E-state index in [2.05, 4.69) is 0 Å². The van der Waals surface area contributed by atoms with Crippen molar-refractivity contribution < 1.29 is 27.5 Å². The number of rotatable bonds is 7. The van der Waals surface area contributed by atoms with Gasteiger partial charge >= 0.3 is 5.97 Å². The van der Waals surface area contributed by atoms with E-state index in [0.29, 0.717) is 5.75 Å². The first-order valence-corrected chi connectivity index (χ1v) is 10.3. The maximum absolute atomic E-state index is 12.1. The summed E-state index contributed by atoms with van der Waals surface area (Å²) in [6.45, 7) is -0.767. The van der Waals surface area contributed by atoms with E-state index in [9.17, 15) is 18.0 Å². The second kappa shape index (κ2) is 8.22. The summed E-state index contributed by atoms with van der Waals surface area (Å²) in [5.41, 5.74) is 0.260. The molecule has 0 aliphatic carbocycles. The van der Waals surface area contributed by atoms with Gasteiger partial charge in [-0.3, -0.25) is 4.79 Å². The highest BCUT2D eigenvalue weighted by molar-refractivity contribution is 7.90. The maximum Gasteiger partial charge on any atom is 0.344 e. The van der Waals surface area contributed by atoms with Gasteiger partial charge in [-0.25, -0.2) is 13.2 Å². The van der Waals surface area contributed by atoms with Crippen LogP contribution in [0.5, 0.6) is 5.75 Å². The number of hydrogen-bond acceptors (Lipinski definition) is 6. The van der Waals surface area contributed by atoms with E-state index in [0.717, 1.165) is 17.0 Å². The van der Waals surface area contributed by atoms with Crippen LogP contribution in [-0.4, -0.2) is 39.6 Å². The zero-order valence-electron chi connectivity index (χ0n) is 15.1. The highest BCUT2D eigenvalue weighted by Gasteiger charge is 2.13. The summed E-state index contributed by atoms with van der Waals surface area (Å²) in [4.78, 5) is 24.0. The molecule has 0 aliphatic heterocycles. The molecule has 0 atom stereocenters. The van der Waals surface area contributed by atoms with Gasteiger partial charge in [0.05, 0.1) is 4.90 Å². The first kappa shape index (κ1) is 19.6. The van der Waals surface area contributed by atoms with Crippen molar-refractivity contribution in [3.63, 3.8) is 0 Å². The number of carbonyl (C=O) groups excluding carboxylic acids is 2. The van der Waals surface area contributed by atoms with Crippen molar-refractivity contribution in [1.82, 2.24) is 0 Å². The molecule has 0 saturated heterocycles. The Balaban J connectivity index is 1.51. The zero-order valence-corrected chi connectivity index (χ0v) is 15.9. The molecule has 3 aromatic carbocycles. The van der Waals surface area contributed by atoms with Gasteiger partial charge in [-0.2, -0.15) is 0 Å². The van der Waals surface area contributed by atoms with Crippen molar-refractivity contribution in [3.8, 4) is 5.75 Å². The number of carbonyl (C=O) groups is 2. The predicted molar refractivity (Wildman–Crippen MR) is 104 cm³/mol. The van der Waals surface area contributed by atoms with Gasteiger partial charge in [-0.05, 0) is 47.2 Å². The fourth-order valence-corrected chi connectivity index (χ4v) is 3.19. The second-order valence-corrected chi connectivity index (χ2v) is 8.19. The van der Waals surface area contributed by atoms with Crippen molar-refractivity contribution in [2.24, 2.45) is 0 Å². The van der Waals surface area contributed by atoms with Gasteiger partial charge in [-0.1, -0.05) is 30.3 Å². The Labute approximate surface area is 162 Å². The summed E-state index contributed by atoms with van der Waals surface area (Å²) >= 11 is 0. The van der Waals surface area contributed by atoms with E-state index in [1.807, 2.05) is 36.4 Å². The third kappa shape index (κ3) is 4.95. The topological polar surface area (TPSA) is 86.7 Å². The van der Waals surface area contributed by atoms with Crippen LogP contribution in [0.15, 0.2) is 71.6 Å². The Morgan fingerprint density at radius 1 is 0.857 bits per heavy atom.